The van der Waals surface area contributed by atoms with Gasteiger partial charge in [0.05, 0.1) is 0 Å². The summed E-state index contributed by atoms with van der Waals surface area (Å²) in [5, 5.41) is 3.14. The van der Waals surface area contributed by atoms with Crippen molar-refractivity contribution in [2.75, 3.05) is 44.2 Å². The molecular formula is C19H35Cl2N5O. The highest BCUT2D eigenvalue weighted by molar-refractivity contribution is 5.85. The van der Waals surface area contributed by atoms with Gasteiger partial charge in [-0.1, -0.05) is 19.9 Å². The van der Waals surface area contributed by atoms with Crippen LogP contribution in [0.3, 0.4) is 0 Å². The first kappa shape index (κ1) is 25.9. The minimum absolute atomic E-state index is 0. The number of anilines is 1. The molecule has 1 aromatic rings. The molecule has 1 aliphatic heterocycles. The number of rotatable bonds is 8. The lowest BCUT2D eigenvalue weighted by molar-refractivity contribution is -0.123. The smallest absolute Gasteiger partial charge is 0.221 e. The number of carbonyl (C=O) groups excluding carboxylic acids is 1. The summed E-state index contributed by atoms with van der Waals surface area (Å²) in [6, 6.07) is 6.00. The number of nitrogens with zero attached hydrogens (tertiary/aromatic N) is 3. The summed E-state index contributed by atoms with van der Waals surface area (Å²) in [6.45, 7) is 11.4. The fourth-order valence-electron chi connectivity index (χ4n) is 3.49. The number of nitrogens with one attached hydrogen (secondary N) is 1. The molecule has 2 rings (SSSR count). The standard InChI is InChI=1S/C19H33N5O.2ClH/c1-16(2)14-19(3,15-20)22-18(25)7-9-23-10-12-24(13-11-23)17-6-4-5-8-21-17;;/h4-6,8,16H,7,9-15,20H2,1-3H3,(H,22,25);2*1H. The molecule has 27 heavy (non-hydrogen) atoms. The van der Waals surface area contributed by atoms with Gasteiger partial charge < -0.3 is 16.0 Å². The Hall–Kier alpha value is -1.08. The second kappa shape index (κ2) is 12.4. The van der Waals surface area contributed by atoms with Gasteiger partial charge in [0.1, 0.15) is 5.82 Å². The van der Waals surface area contributed by atoms with Gasteiger partial charge in [-0.2, -0.15) is 0 Å². The van der Waals surface area contributed by atoms with Gasteiger partial charge in [-0.15, -0.1) is 24.8 Å². The topological polar surface area (TPSA) is 74.5 Å². The van der Waals surface area contributed by atoms with Crippen molar-refractivity contribution in [3.63, 3.8) is 0 Å². The zero-order chi connectivity index (χ0) is 18.3. The van der Waals surface area contributed by atoms with Gasteiger partial charge in [-0.25, -0.2) is 4.98 Å². The molecule has 1 aromatic heterocycles. The minimum atomic E-state index is -0.303. The van der Waals surface area contributed by atoms with E-state index in [2.05, 4.69) is 33.9 Å². The predicted molar refractivity (Wildman–Crippen MR) is 117 cm³/mol. The Bertz CT molecular complexity index is 538. The molecule has 1 saturated heterocycles. The SMILES string of the molecule is CC(C)CC(C)(CN)NC(=O)CCN1CCN(c2ccccn2)CC1.Cl.Cl. The van der Waals surface area contributed by atoms with Crippen LogP contribution in [0.5, 0.6) is 0 Å². The number of piperazine rings is 1. The number of amides is 1. The monoisotopic (exact) mass is 419 g/mol. The molecule has 8 heteroatoms. The molecule has 0 aromatic carbocycles. The van der Waals surface area contributed by atoms with Crippen LogP contribution >= 0.6 is 24.8 Å². The van der Waals surface area contributed by atoms with Crippen molar-refractivity contribution in [1.29, 1.82) is 0 Å². The molecule has 0 spiro atoms. The Morgan fingerprint density at radius 2 is 1.93 bits per heavy atom. The van der Waals surface area contributed by atoms with E-state index in [4.69, 9.17) is 5.73 Å². The van der Waals surface area contributed by atoms with Crippen LogP contribution in [0.25, 0.3) is 0 Å². The van der Waals surface area contributed by atoms with Crippen molar-refractivity contribution in [3.8, 4) is 0 Å². The number of aromatic nitrogens is 1. The number of halogens is 2. The van der Waals surface area contributed by atoms with Gasteiger partial charge in [0.15, 0.2) is 0 Å². The van der Waals surface area contributed by atoms with Crippen molar-refractivity contribution >= 4 is 36.5 Å². The minimum Gasteiger partial charge on any atom is -0.354 e. The van der Waals surface area contributed by atoms with Crippen LogP contribution in [0.2, 0.25) is 0 Å². The molecule has 156 valence electrons. The first-order valence-corrected chi connectivity index (χ1v) is 9.31. The summed E-state index contributed by atoms with van der Waals surface area (Å²) < 4.78 is 0. The van der Waals surface area contributed by atoms with Gasteiger partial charge in [0.25, 0.3) is 0 Å². The van der Waals surface area contributed by atoms with Crippen LogP contribution in [-0.2, 0) is 4.79 Å². The number of hydrogen-bond acceptors (Lipinski definition) is 5. The van der Waals surface area contributed by atoms with Crippen LogP contribution in [0.1, 0.15) is 33.6 Å². The maximum atomic E-state index is 12.3. The lowest BCUT2D eigenvalue weighted by Gasteiger charge is -2.35. The predicted octanol–water partition coefficient (Wildman–Crippen LogP) is 2.32. The number of carbonyl (C=O) groups is 1. The van der Waals surface area contributed by atoms with Crippen LogP contribution in [-0.4, -0.2) is 60.6 Å². The van der Waals surface area contributed by atoms with E-state index < -0.39 is 0 Å². The third kappa shape index (κ3) is 8.64. The largest absolute Gasteiger partial charge is 0.354 e. The van der Waals surface area contributed by atoms with Crippen molar-refractivity contribution in [3.05, 3.63) is 24.4 Å². The van der Waals surface area contributed by atoms with E-state index >= 15 is 0 Å². The van der Waals surface area contributed by atoms with Gasteiger partial charge in [0, 0.05) is 57.4 Å². The van der Waals surface area contributed by atoms with Gasteiger partial charge >= 0.3 is 0 Å². The molecule has 0 saturated carbocycles. The Kier molecular flexibility index (Phi) is 11.9. The van der Waals surface area contributed by atoms with Crippen molar-refractivity contribution < 1.29 is 4.79 Å². The highest BCUT2D eigenvalue weighted by atomic mass is 35.5. The third-order valence-electron chi connectivity index (χ3n) is 4.75. The van der Waals surface area contributed by atoms with Crippen molar-refractivity contribution in [2.45, 2.75) is 39.2 Å². The van der Waals surface area contributed by atoms with Gasteiger partial charge in [-0.3, -0.25) is 9.69 Å². The highest BCUT2D eigenvalue weighted by Crippen LogP contribution is 2.16. The zero-order valence-corrected chi connectivity index (χ0v) is 18.3. The lowest BCUT2D eigenvalue weighted by atomic mass is 9.90. The van der Waals surface area contributed by atoms with Gasteiger partial charge in [0.2, 0.25) is 5.91 Å². The van der Waals surface area contributed by atoms with Crippen molar-refractivity contribution in [2.24, 2.45) is 11.7 Å². The quantitative estimate of drug-likeness (QED) is 0.675. The molecular weight excluding hydrogens is 385 g/mol. The fourth-order valence-corrected chi connectivity index (χ4v) is 3.49. The molecule has 0 radical (unpaired) electrons. The summed E-state index contributed by atoms with van der Waals surface area (Å²) in [5.74, 6) is 1.64. The van der Waals surface area contributed by atoms with Crippen LogP contribution < -0.4 is 16.0 Å². The average Bonchev–Trinajstić information content (AvgIpc) is 2.60. The first-order valence-electron chi connectivity index (χ1n) is 9.31. The maximum Gasteiger partial charge on any atom is 0.221 e. The summed E-state index contributed by atoms with van der Waals surface area (Å²) in [4.78, 5) is 21.4. The number of hydrogen-bond donors (Lipinski definition) is 2. The van der Waals surface area contributed by atoms with E-state index in [0.29, 0.717) is 18.9 Å². The van der Waals surface area contributed by atoms with E-state index in [9.17, 15) is 4.79 Å². The Morgan fingerprint density at radius 1 is 1.26 bits per heavy atom. The Morgan fingerprint density at radius 3 is 2.44 bits per heavy atom. The Balaban J connectivity index is 0.00000338. The lowest BCUT2D eigenvalue weighted by Crippen LogP contribution is -2.53. The van der Waals surface area contributed by atoms with Crippen LogP contribution in [0.4, 0.5) is 5.82 Å². The normalized spacial score (nSPS) is 16.9. The molecule has 0 aliphatic carbocycles. The molecule has 1 unspecified atom stereocenters. The molecule has 0 bridgehead atoms. The number of pyridine rings is 1. The molecule has 1 aliphatic rings. The molecule has 3 N–H and O–H groups in total. The van der Waals surface area contributed by atoms with E-state index in [-0.39, 0.29) is 36.3 Å². The number of nitrogens with two attached hydrogens (primary N) is 1. The van der Waals surface area contributed by atoms with E-state index in [1.165, 1.54) is 0 Å². The van der Waals surface area contributed by atoms with Crippen LogP contribution in [0, 0.1) is 5.92 Å². The molecule has 1 amide bonds. The van der Waals surface area contributed by atoms with Gasteiger partial charge in [-0.05, 0) is 31.4 Å². The maximum absolute atomic E-state index is 12.3. The summed E-state index contributed by atoms with van der Waals surface area (Å²) in [7, 11) is 0. The molecule has 1 fully saturated rings. The van der Waals surface area contributed by atoms with E-state index in [0.717, 1.165) is 45.0 Å². The molecule has 6 nitrogen and oxygen atoms in total. The van der Waals surface area contributed by atoms with E-state index in [1.807, 2.05) is 31.3 Å². The third-order valence-corrected chi connectivity index (χ3v) is 4.75. The molecule has 1 atom stereocenters. The zero-order valence-electron chi connectivity index (χ0n) is 16.7. The molecule has 2 heterocycles. The van der Waals surface area contributed by atoms with Crippen LogP contribution in [0.15, 0.2) is 24.4 Å². The second-order valence-corrected chi connectivity index (χ2v) is 7.68. The highest BCUT2D eigenvalue weighted by Gasteiger charge is 2.26. The fraction of sp³-hybridized carbons (Fsp3) is 0.684. The van der Waals surface area contributed by atoms with E-state index in [1.54, 1.807) is 0 Å². The van der Waals surface area contributed by atoms with Crippen molar-refractivity contribution in [1.82, 2.24) is 15.2 Å². The first-order chi connectivity index (χ1) is 11.9. The summed E-state index contributed by atoms with van der Waals surface area (Å²) in [5.41, 5.74) is 5.57. The summed E-state index contributed by atoms with van der Waals surface area (Å²) >= 11 is 0. The Labute approximate surface area is 176 Å². The second-order valence-electron chi connectivity index (χ2n) is 7.68. The summed E-state index contributed by atoms with van der Waals surface area (Å²) in [6.07, 6.45) is 3.26. The average molecular weight is 420 g/mol.